The average Bonchev–Trinajstić information content (AvgIpc) is 2.43. The average molecular weight is 275 g/mol. The van der Waals surface area contributed by atoms with E-state index in [2.05, 4.69) is 18.3 Å². The molecule has 0 aliphatic heterocycles. The highest BCUT2D eigenvalue weighted by Gasteiger charge is 2.21. The van der Waals surface area contributed by atoms with E-state index in [0.29, 0.717) is 6.04 Å². The summed E-state index contributed by atoms with van der Waals surface area (Å²) in [7, 11) is 0. The number of carbonyl (C=O) groups is 1. The van der Waals surface area contributed by atoms with Gasteiger partial charge in [-0.3, -0.25) is 4.79 Å². The zero-order valence-electron chi connectivity index (χ0n) is 12.7. The molecule has 1 amide bonds. The van der Waals surface area contributed by atoms with E-state index >= 15 is 0 Å². The predicted molar refractivity (Wildman–Crippen MR) is 81.0 cm³/mol. The summed E-state index contributed by atoms with van der Waals surface area (Å²) in [6.45, 7) is 5.88. The van der Waals surface area contributed by atoms with Gasteiger partial charge in [-0.15, -0.1) is 0 Å². The van der Waals surface area contributed by atoms with Crippen LogP contribution in [0.25, 0.3) is 0 Å². The first-order chi connectivity index (χ1) is 9.56. The Morgan fingerprint density at radius 2 is 1.95 bits per heavy atom. The third-order valence-electron chi connectivity index (χ3n) is 3.95. The first-order valence-corrected chi connectivity index (χ1v) is 7.60. The van der Waals surface area contributed by atoms with Crippen LogP contribution in [0.1, 0.15) is 50.2 Å². The standard InChI is InChI=1S/C17H25NO2/c1-12-9-10-16(13(2)11-12)20-14(3)17(19)18-15-7-5-4-6-8-15/h9-11,14-15H,4-8H2,1-3H3,(H,18,19). The van der Waals surface area contributed by atoms with Gasteiger partial charge in [0.2, 0.25) is 0 Å². The van der Waals surface area contributed by atoms with Crippen molar-refractivity contribution in [2.75, 3.05) is 0 Å². The van der Waals surface area contributed by atoms with E-state index in [1.165, 1.54) is 24.8 Å². The molecule has 1 aliphatic rings. The van der Waals surface area contributed by atoms with Crippen LogP contribution in [0.3, 0.4) is 0 Å². The van der Waals surface area contributed by atoms with E-state index in [4.69, 9.17) is 4.74 Å². The van der Waals surface area contributed by atoms with Crippen LogP contribution in [-0.4, -0.2) is 18.1 Å². The molecule has 0 radical (unpaired) electrons. The molecule has 1 saturated carbocycles. The van der Waals surface area contributed by atoms with Crippen LogP contribution in [-0.2, 0) is 4.79 Å². The summed E-state index contributed by atoms with van der Waals surface area (Å²) < 4.78 is 5.79. The van der Waals surface area contributed by atoms with Crippen molar-refractivity contribution in [3.05, 3.63) is 29.3 Å². The second-order valence-electron chi connectivity index (χ2n) is 5.87. The van der Waals surface area contributed by atoms with Crippen LogP contribution in [0.5, 0.6) is 5.75 Å². The van der Waals surface area contributed by atoms with Crippen molar-refractivity contribution < 1.29 is 9.53 Å². The lowest BCUT2D eigenvalue weighted by molar-refractivity contribution is -0.128. The van der Waals surface area contributed by atoms with E-state index in [9.17, 15) is 4.79 Å². The fourth-order valence-corrected chi connectivity index (χ4v) is 2.74. The lowest BCUT2D eigenvalue weighted by atomic mass is 9.95. The van der Waals surface area contributed by atoms with E-state index < -0.39 is 6.10 Å². The number of hydrogen-bond acceptors (Lipinski definition) is 2. The van der Waals surface area contributed by atoms with Crippen LogP contribution in [0.4, 0.5) is 0 Å². The number of aryl methyl sites for hydroxylation is 2. The Morgan fingerprint density at radius 1 is 1.25 bits per heavy atom. The molecule has 1 atom stereocenters. The predicted octanol–water partition coefficient (Wildman–Crippen LogP) is 3.52. The Balaban J connectivity index is 1.89. The maximum atomic E-state index is 12.2. The van der Waals surface area contributed by atoms with Crippen LogP contribution in [0, 0.1) is 13.8 Å². The maximum absolute atomic E-state index is 12.2. The van der Waals surface area contributed by atoms with Crippen molar-refractivity contribution in [1.82, 2.24) is 5.32 Å². The van der Waals surface area contributed by atoms with Crippen molar-refractivity contribution in [1.29, 1.82) is 0 Å². The third kappa shape index (κ3) is 3.99. The van der Waals surface area contributed by atoms with Crippen molar-refractivity contribution in [3.63, 3.8) is 0 Å². The molecule has 1 unspecified atom stereocenters. The van der Waals surface area contributed by atoms with E-state index in [-0.39, 0.29) is 5.91 Å². The molecule has 20 heavy (non-hydrogen) atoms. The molecule has 1 N–H and O–H groups in total. The number of benzene rings is 1. The summed E-state index contributed by atoms with van der Waals surface area (Å²) in [6.07, 6.45) is 5.48. The van der Waals surface area contributed by atoms with Gasteiger partial charge in [-0.2, -0.15) is 0 Å². The molecule has 0 aromatic heterocycles. The van der Waals surface area contributed by atoms with E-state index in [1.807, 2.05) is 26.0 Å². The number of rotatable bonds is 4. The molecular weight excluding hydrogens is 250 g/mol. The normalized spacial score (nSPS) is 17.6. The van der Waals surface area contributed by atoms with Gasteiger partial charge in [0, 0.05) is 6.04 Å². The monoisotopic (exact) mass is 275 g/mol. The highest BCUT2D eigenvalue weighted by atomic mass is 16.5. The molecule has 0 bridgehead atoms. The molecule has 1 fully saturated rings. The van der Waals surface area contributed by atoms with Crippen molar-refractivity contribution in [2.45, 2.75) is 65.0 Å². The fourth-order valence-electron chi connectivity index (χ4n) is 2.74. The second kappa shape index (κ2) is 6.78. The van der Waals surface area contributed by atoms with Crippen molar-refractivity contribution in [2.24, 2.45) is 0 Å². The zero-order chi connectivity index (χ0) is 14.5. The second-order valence-corrected chi connectivity index (χ2v) is 5.87. The molecule has 0 saturated heterocycles. The summed E-state index contributed by atoms with van der Waals surface area (Å²) in [6, 6.07) is 6.35. The fraction of sp³-hybridized carbons (Fsp3) is 0.588. The van der Waals surface area contributed by atoms with Crippen LogP contribution in [0.2, 0.25) is 0 Å². The van der Waals surface area contributed by atoms with Gasteiger partial charge in [0.1, 0.15) is 5.75 Å². The van der Waals surface area contributed by atoms with Gasteiger partial charge in [-0.05, 0) is 45.2 Å². The highest BCUT2D eigenvalue weighted by molar-refractivity contribution is 5.81. The van der Waals surface area contributed by atoms with E-state index in [0.717, 1.165) is 24.2 Å². The van der Waals surface area contributed by atoms with Crippen molar-refractivity contribution in [3.8, 4) is 5.75 Å². The molecule has 0 heterocycles. The third-order valence-corrected chi connectivity index (χ3v) is 3.95. The van der Waals surface area contributed by atoms with Gasteiger partial charge < -0.3 is 10.1 Å². The number of hydrogen-bond donors (Lipinski definition) is 1. The van der Waals surface area contributed by atoms with Gasteiger partial charge in [0.15, 0.2) is 6.10 Å². The minimum atomic E-state index is -0.446. The summed E-state index contributed by atoms with van der Waals surface area (Å²) in [5.41, 5.74) is 2.27. The Bertz CT molecular complexity index is 464. The SMILES string of the molecule is Cc1ccc(OC(C)C(=O)NC2CCCCC2)c(C)c1. The summed E-state index contributed by atoms with van der Waals surface area (Å²) >= 11 is 0. The minimum Gasteiger partial charge on any atom is -0.481 e. The summed E-state index contributed by atoms with van der Waals surface area (Å²) in [5.74, 6) is 0.791. The van der Waals surface area contributed by atoms with Gasteiger partial charge in [-0.25, -0.2) is 0 Å². The number of amides is 1. The first kappa shape index (κ1) is 14.9. The molecular formula is C17H25NO2. The number of ether oxygens (including phenoxy) is 1. The lowest BCUT2D eigenvalue weighted by Crippen LogP contribution is -2.43. The van der Waals surface area contributed by atoms with Crippen LogP contribution >= 0.6 is 0 Å². The minimum absolute atomic E-state index is 0.00289. The molecule has 0 spiro atoms. The largest absolute Gasteiger partial charge is 0.481 e. The molecule has 3 nitrogen and oxygen atoms in total. The Hall–Kier alpha value is -1.51. The smallest absolute Gasteiger partial charge is 0.260 e. The number of nitrogens with one attached hydrogen (secondary N) is 1. The quantitative estimate of drug-likeness (QED) is 0.913. The lowest BCUT2D eigenvalue weighted by Gasteiger charge is -2.25. The topological polar surface area (TPSA) is 38.3 Å². The maximum Gasteiger partial charge on any atom is 0.260 e. The highest BCUT2D eigenvalue weighted by Crippen LogP contribution is 2.21. The molecule has 3 heteroatoms. The number of carbonyl (C=O) groups excluding carboxylic acids is 1. The van der Waals surface area contributed by atoms with Gasteiger partial charge in [0.25, 0.3) is 5.91 Å². The Kier molecular flexibility index (Phi) is 5.05. The van der Waals surface area contributed by atoms with E-state index in [1.54, 1.807) is 0 Å². The Morgan fingerprint density at radius 3 is 2.60 bits per heavy atom. The van der Waals surface area contributed by atoms with Crippen molar-refractivity contribution >= 4 is 5.91 Å². The molecule has 2 rings (SSSR count). The molecule has 110 valence electrons. The summed E-state index contributed by atoms with van der Waals surface area (Å²) in [4.78, 5) is 12.2. The Labute approximate surface area is 121 Å². The van der Waals surface area contributed by atoms with Gasteiger partial charge >= 0.3 is 0 Å². The summed E-state index contributed by atoms with van der Waals surface area (Å²) in [5, 5.41) is 3.11. The van der Waals surface area contributed by atoms with Crippen LogP contribution in [0.15, 0.2) is 18.2 Å². The van der Waals surface area contributed by atoms with Gasteiger partial charge in [0.05, 0.1) is 0 Å². The molecule has 1 aromatic rings. The van der Waals surface area contributed by atoms with Crippen LogP contribution < -0.4 is 10.1 Å². The molecule has 1 aromatic carbocycles. The van der Waals surface area contributed by atoms with Gasteiger partial charge in [-0.1, -0.05) is 37.0 Å². The first-order valence-electron chi connectivity index (χ1n) is 7.60. The zero-order valence-corrected chi connectivity index (χ0v) is 12.7. The molecule has 1 aliphatic carbocycles.